The van der Waals surface area contributed by atoms with Gasteiger partial charge in [0.2, 0.25) is 0 Å². The van der Waals surface area contributed by atoms with Crippen molar-refractivity contribution in [1.82, 2.24) is 9.88 Å². The molecule has 0 aliphatic carbocycles. The van der Waals surface area contributed by atoms with Crippen LogP contribution in [0.2, 0.25) is 0 Å². The topological polar surface area (TPSA) is 42.2 Å². The van der Waals surface area contributed by atoms with E-state index in [0.717, 1.165) is 24.5 Å². The third-order valence-corrected chi connectivity index (χ3v) is 3.80. The number of aromatic nitrogens is 1. The molecule has 2 heterocycles. The Kier molecular flexibility index (Phi) is 2.85. The quantitative estimate of drug-likeness (QED) is 0.803. The van der Waals surface area contributed by atoms with Gasteiger partial charge in [-0.1, -0.05) is 0 Å². The van der Waals surface area contributed by atoms with E-state index in [4.69, 9.17) is 5.73 Å². The van der Waals surface area contributed by atoms with Crippen molar-refractivity contribution in [3.05, 3.63) is 16.1 Å². The Bertz CT molecular complexity index is 310. The summed E-state index contributed by atoms with van der Waals surface area (Å²) < 4.78 is 0. The number of hydrogen-bond donors (Lipinski definition) is 1. The molecule has 1 saturated heterocycles. The van der Waals surface area contributed by atoms with Gasteiger partial charge in [-0.25, -0.2) is 4.98 Å². The normalized spacial score (nSPS) is 28.5. The van der Waals surface area contributed by atoms with E-state index in [0.29, 0.717) is 12.1 Å². The fourth-order valence-corrected chi connectivity index (χ4v) is 2.55. The van der Waals surface area contributed by atoms with Gasteiger partial charge in [0.15, 0.2) is 0 Å². The molecule has 1 aliphatic rings. The highest BCUT2D eigenvalue weighted by Crippen LogP contribution is 2.19. The molecule has 2 rings (SSSR count). The summed E-state index contributed by atoms with van der Waals surface area (Å²) in [5.74, 6) is 0. The molecular formula is C10H17N3S. The van der Waals surface area contributed by atoms with Crippen LogP contribution in [0.25, 0.3) is 0 Å². The first kappa shape index (κ1) is 10.1. The Morgan fingerprint density at radius 3 is 3.00 bits per heavy atom. The summed E-state index contributed by atoms with van der Waals surface area (Å²) in [6.45, 7) is 6.32. The Balaban J connectivity index is 1.98. The Hall–Kier alpha value is -0.450. The molecule has 0 spiro atoms. The van der Waals surface area contributed by atoms with Gasteiger partial charge in [0.05, 0.1) is 10.7 Å². The summed E-state index contributed by atoms with van der Waals surface area (Å²) in [6, 6.07) is 0.840. The maximum atomic E-state index is 5.97. The molecule has 78 valence electrons. The summed E-state index contributed by atoms with van der Waals surface area (Å²) in [5, 5.41) is 3.29. The minimum absolute atomic E-state index is 0.342. The van der Waals surface area contributed by atoms with Crippen LogP contribution in [0.5, 0.6) is 0 Å². The van der Waals surface area contributed by atoms with Crippen molar-refractivity contribution >= 4 is 11.3 Å². The van der Waals surface area contributed by atoms with Gasteiger partial charge < -0.3 is 5.73 Å². The molecule has 1 fully saturated rings. The zero-order valence-electron chi connectivity index (χ0n) is 8.73. The summed E-state index contributed by atoms with van der Waals surface area (Å²) in [5.41, 5.74) is 7.16. The van der Waals surface area contributed by atoms with E-state index in [-0.39, 0.29) is 0 Å². The number of hydrogen-bond acceptors (Lipinski definition) is 4. The molecule has 4 heteroatoms. The van der Waals surface area contributed by atoms with Crippen LogP contribution in [0.3, 0.4) is 0 Å². The average molecular weight is 211 g/mol. The van der Waals surface area contributed by atoms with Gasteiger partial charge >= 0.3 is 0 Å². The van der Waals surface area contributed by atoms with Crippen LogP contribution in [-0.4, -0.2) is 28.5 Å². The molecule has 0 amide bonds. The Morgan fingerprint density at radius 1 is 1.71 bits per heavy atom. The summed E-state index contributed by atoms with van der Waals surface area (Å²) in [6.07, 6.45) is 1.12. The first-order valence-corrected chi connectivity index (χ1v) is 5.95. The molecule has 0 aromatic carbocycles. The van der Waals surface area contributed by atoms with Crippen molar-refractivity contribution in [1.29, 1.82) is 0 Å². The number of nitrogens with zero attached hydrogens (tertiary/aromatic N) is 2. The monoisotopic (exact) mass is 211 g/mol. The van der Waals surface area contributed by atoms with Crippen molar-refractivity contribution in [2.24, 2.45) is 5.73 Å². The molecule has 3 nitrogen and oxygen atoms in total. The number of nitrogens with two attached hydrogens (primary N) is 1. The average Bonchev–Trinajstić information content (AvgIpc) is 2.67. The Labute approximate surface area is 88.9 Å². The van der Waals surface area contributed by atoms with Gasteiger partial charge in [-0.05, 0) is 20.3 Å². The standard InChI is InChI=1S/C10H17N3S/c1-7-10(11)3-4-13(7)5-9-6-14-8(2)12-9/h6-7,10H,3-5,11H2,1-2H3. The van der Waals surface area contributed by atoms with Gasteiger partial charge in [0.25, 0.3) is 0 Å². The second kappa shape index (κ2) is 3.96. The molecule has 1 aromatic rings. The number of likely N-dealkylation sites (tertiary alicyclic amines) is 1. The van der Waals surface area contributed by atoms with Crippen LogP contribution in [0.1, 0.15) is 24.0 Å². The lowest BCUT2D eigenvalue weighted by Crippen LogP contribution is -2.36. The maximum Gasteiger partial charge on any atom is 0.0897 e. The van der Waals surface area contributed by atoms with E-state index in [1.165, 1.54) is 5.69 Å². The zero-order valence-corrected chi connectivity index (χ0v) is 9.55. The third-order valence-electron chi connectivity index (χ3n) is 2.98. The molecule has 14 heavy (non-hydrogen) atoms. The number of rotatable bonds is 2. The molecule has 1 aliphatic heterocycles. The summed E-state index contributed by atoms with van der Waals surface area (Å²) in [7, 11) is 0. The van der Waals surface area contributed by atoms with E-state index in [1.807, 2.05) is 6.92 Å². The minimum atomic E-state index is 0.342. The second-order valence-corrected chi connectivity index (χ2v) is 5.08. The van der Waals surface area contributed by atoms with E-state index in [1.54, 1.807) is 11.3 Å². The number of aryl methyl sites for hydroxylation is 1. The second-order valence-electron chi connectivity index (χ2n) is 4.02. The van der Waals surface area contributed by atoms with Crippen molar-refractivity contribution < 1.29 is 0 Å². The van der Waals surface area contributed by atoms with Crippen molar-refractivity contribution in [2.75, 3.05) is 6.54 Å². The Morgan fingerprint density at radius 2 is 2.50 bits per heavy atom. The van der Waals surface area contributed by atoms with Gasteiger partial charge in [-0.2, -0.15) is 0 Å². The van der Waals surface area contributed by atoms with E-state index in [9.17, 15) is 0 Å². The molecule has 1 aromatic heterocycles. The highest BCUT2D eigenvalue weighted by molar-refractivity contribution is 7.09. The van der Waals surface area contributed by atoms with Crippen LogP contribution in [0.4, 0.5) is 0 Å². The highest BCUT2D eigenvalue weighted by atomic mass is 32.1. The lowest BCUT2D eigenvalue weighted by molar-refractivity contribution is 0.249. The van der Waals surface area contributed by atoms with E-state index in [2.05, 4.69) is 22.2 Å². The van der Waals surface area contributed by atoms with Gasteiger partial charge in [0.1, 0.15) is 0 Å². The maximum absolute atomic E-state index is 5.97. The van der Waals surface area contributed by atoms with Crippen LogP contribution in [0, 0.1) is 6.92 Å². The molecular weight excluding hydrogens is 194 g/mol. The van der Waals surface area contributed by atoms with Crippen LogP contribution < -0.4 is 5.73 Å². The number of thiazole rings is 1. The summed E-state index contributed by atoms with van der Waals surface area (Å²) >= 11 is 1.72. The third kappa shape index (κ3) is 1.97. The lowest BCUT2D eigenvalue weighted by Gasteiger charge is -2.21. The highest BCUT2D eigenvalue weighted by Gasteiger charge is 2.27. The predicted molar refractivity (Wildman–Crippen MR) is 59.3 cm³/mol. The fraction of sp³-hybridized carbons (Fsp3) is 0.700. The lowest BCUT2D eigenvalue weighted by atomic mass is 10.2. The smallest absolute Gasteiger partial charge is 0.0897 e. The van der Waals surface area contributed by atoms with Crippen LogP contribution >= 0.6 is 11.3 Å². The SMILES string of the molecule is Cc1nc(CN2CCC(N)C2C)cs1. The largest absolute Gasteiger partial charge is 0.326 e. The van der Waals surface area contributed by atoms with Crippen LogP contribution in [0.15, 0.2) is 5.38 Å². The molecule has 2 unspecified atom stereocenters. The fourth-order valence-electron chi connectivity index (χ4n) is 1.94. The molecule has 0 saturated carbocycles. The van der Waals surface area contributed by atoms with Gasteiger partial charge in [-0.3, -0.25) is 4.90 Å². The van der Waals surface area contributed by atoms with E-state index < -0.39 is 0 Å². The molecule has 0 radical (unpaired) electrons. The van der Waals surface area contributed by atoms with Crippen molar-refractivity contribution in [3.8, 4) is 0 Å². The van der Waals surface area contributed by atoms with Crippen molar-refractivity contribution in [3.63, 3.8) is 0 Å². The molecule has 2 atom stereocenters. The van der Waals surface area contributed by atoms with Gasteiger partial charge in [0, 0.05) is 30.6 Å². The first-order chi connectivity index (χ1) is 6.66. The molecule has 0 bridgehead atoms. The first-order valence-electron chi connectivity index (χ1n) is 5.07. The minimum Gasteiger partial charge on any atom is -0.326 e. The predicted octanol–water partition coefficient (Wildman–Crippen LogP) is 1.37. The zero-order chi connectivity index (χ0) is 10.1. The van der Waals surface area contributed by atoms with E-state index >= 15 is 0 Å². The van der Waals surface area contributed by atoms with Gasteiger partial charge in [-0.15, -0.1) is 11.3 Å². The van der Waals surface area contributed by atoms with Crippen LogP contribution in [-0.2, 0) is 6.54 Å². The summed E-state index contributed by atoms with van der Waals surface area (Å²) in [4.78, 5) is 6.89. The molecule has 2 N–H and O–H groups in total. The van der Waals surface area contributed by atoms with Crippen molar-refractivity contribution in [2.45, 2.75) is 38.9 Å².